The molecule has 70 valence electrons. The molecule has 0 bridgehead atoms. The maximum atomic E-state index is 4.37. The van der Waals surface area contributed by atoms with Gasteiger partial charge < -0.3 is 0 Å². The lowest BCUT2D eigenvalue weighted by atomic mass is 10.4. The van der Waals surface area contributed by atoms with Crippen LogP contribution in [0.15, 0.2) is 12.3 Å². The molecule has 13 heavy (non-hydrogen) atoms. The van der Waals surface area contributed by atoms with E-state index in [9.17, 15) is 0 Å². The highest BCUT2D eigenvalue weighted by Crippen LogP contribution is 2.21. The van der Waals surface area contributed by atoms with E-state index in [1.165, 1.54) is 18.7 Å². The van der Waals surface area contributed by atoms with E-state index in [0.717, 1.165) is 18.1 Å². The molecule has 1 aliphatic rings. The molecule has 4 heteroatoms. The second kappa shape index (κ2) is 4.07. The highest BCUT2D eigenvalue weighted by molar-refractivity contribution is 7.97. The molecule has 1 aliphatic heterocycles. The zero-order valence-electron chi connectivity index (χ0n) is 7.73. The summed E-state index contributed by atoms with van der Waals surface area (Å²) in [6, 6.07) is 1.99. The van der Waals surface area contributed by atoms with Crippen molar-refractivity contribution in [3.05, 3.63) is 23.8 Å². The summed E-state index contributed by atoms with van der Waals surface area (Å²) < 4.78 is 2.36. The van der Waals surface area contributed by atoms with Crippen LogP contribution in [0.3, 0.4) is 0 Å². The highest BCUT2D eigenvalue weighted by Gasteiger charge is 2.12. The first kappa shape index (κ1) is 8.97. The molecule has 0 aromatic carbocycles. The van der Waals surface area contributed by atoms with Crippen molar-refractivity contribution in [3.63, 3.8) is 0 Å². The van der Waals surface area contributed by atoms with Gasteiger partial charge in [0, 0.05) is 18.5 Å². The van der Waals surface area contributed by atoms with Crippen LogP contribution in [0, 0.1) is 6.92 Å². The van der Waals surface area contributed by atoms with Gasteiger partial charge in [-0.3, -0.25) is 0 Å². The van der Waals surface area contributed by atoms with E-state index >= 15 is 0 Å². The predicted molar refractivity (Wildman–Crippen MR) is 54.3 cm³/mol. The molecule has 1 aromatic heterocycles. The van der Waals surface area contributed by atoms with Gasteiger partial charge in [0.15, 0.2) is 0 Å². The fourth-order valence-electron chi connectivity index (χ4n) is 1.40. The van der Waals surface area contributed by atoms with E-state index in [1.807, 2.05) is 31.1 Å². The number of rotatable bonds is 2. The third-order valence-corrected chi connectivity index (χ3v) is 3.15. The molecule has 0 radical (unpaired) electrons. The van der Waals surface area contributed by atoms with Crippen molar-refractivity contribution in [2.24, 2.45) is 0 Å². The normalized spacial score (nSPS) is 17.9. The minimum atomic E-state index is 0.863. The third kappa shape index (κ3) is 2.42. The Morgan fingerprint density at radius 3 is 3.23 bits per heavy atom. The van der Waals surface area contributed by atoms with Crippen molar-refractivity contribution in [1.29, 1.82) is 0 Å². The standard InChI is InChI=1S/C9H13N3S/c1-8-10-4-3-9(11-8)7-12-5-2-6-13-12/h3-4H,2,5-7H2,1H3. The molecule has 1 aromatic rings. The molecule has 2 rings (SSSR count). The molecule has 1 fully saturated rings. The number of aromatic nitrogens is 2. The summed E-state index contributed by atoms with van der Waals surface area (Å²) in [4.78, 5) is 8.45. The maximum absolute atomic E-state index is 4.37. The summed E-state index contributed by atoms with van der Waals surface area (Å²) in [5, 5.41) is 0. The quantitative estimate of drug-likeness (QED) is 0.671. The van der Waals surface area contributed by atoms with Gasteiger partial charge in [0.05, 0.1) is 12.2 Å². The van der Waals surface area contributed by atoms with Gasteiger partial charge in [-0.1, -0.05) is 11.9 Å². The SMILES string of the molecule is Cc1nccc(CN2CCCS2)n1. The van der Waals surface area contributed by atoms with Gasteiger partial charge in [-0.05, 0) is 19.4 Å². The van der Waals surface area contributed by atoms with Crippen LogP contribution < -0.4 is 0 Å². The molecule has 0 saturated carbocycles. The van der Waals surface area contributed by atoms with E-state index in [1.54, 1.807) is 0 Å². The number of hydrogen-bond acceptors (Lipinski definition) is 4. The summed E-state index contributed by atoms with van der Waals surface area (Å²) >= 11 is 1.92. The smallest absolute Gasteiger partial charge is 0.125 e. The summed E-state index contributed by atoms with van der Waals surface area (Å²) in [5.41, 5.74) is 1.13. The minimum Gasteiger partial charge on any atom is -0.245 e. The van der Waals surface area contributed by atoms with Gasteiger partial charge in [-0.15, -0.1) is 0 Å². The monoisotopic (exact) mass is 195 g/mol. The Kier molecular flexibility index (Phi) is 2.80. The van der Waals surface area contributed by atoms with Crippen molar-refractivity contribution in [2.75, 3.05) is 12.3 Å². The third-order valence-electron chi connectivity index (χ3n) is 2.00. The number of hydrogen-bond donors (Lipinski definition) is 0. The van der Waals surface area contributed by atoms with Crippen LogP contribution in [-0.4, -0.2) is 26.6 Å². The van der Waals surface area contributed by atoms with Gasteiger partial charge in [-0.25, -0.2) is 14.3 Å². The molecular weight excluding hydrogens is 182 g/mol. The predicted octanol–water partition coefficient (Wildman–Crippen LogP) is 1.64. The van der Waals surface area contributed by atoms with Crippen molar-refractivity contribution in [2.45, 2.75) is 19.9 Å². The van der Waals surface area contributed by atoms with Crippen molar-refractivity contribution < 1.29 is 0 Å². The summed E-state index contributed by atoms with van der Waals surface area (Å²) in [6.07, 6.45) is 3.13. The summed E-state index contributed by atoms with van der Waals surface area (Å²) in [5.74, 6) is 2.12. The van der Waals surface area contributed by atoms with E-state index in [2.05, 4.69) is 14.3 Å². The molecule has 1 saturated heterocycles. The van der Waals surface area contributed by atoms with E-state index < -0.39 is 0 Å². The first-order chi connectivity index (χ1) is 6.34. The van der Waals surface area contributed by atoms with Crippen molar-refractivity contribution in [3.8, 4) is 0 Å². The molecule has 0 spiro atoms. The van der Waals surface area contributed by atoms with Crippen molar-refractivity contribution >= 4 is 11.9 Å². The van der Waals surface area contributed by atoms with E-state index in [-0.39, 0.29) is 0 Å². The number of aryl methyl sites for hydroxylation is 1. The molecular formula is C9H13N3S. The molecule has 0 aliphatic carbocycles. The van der Waals surface area contributed by atoms with Crippen LogP contribution >= 0.6 is 11.9 Å². The zero-order valence-corrected chi connectivity index (χ0v) is 8.55. The van der Waals surface area contributed by atoms with Crippen LogP contribution in [0.2, 0.25) is 0 Å². The second-order valence-electron chi connectivity index (χ2n) is 3.15. The Balaban J connectivity index is 2.00. The Bertz CT molecular complexity index is 284. The zero-order chi connectivity index (χ0) is 9.10. The minimum absolute atomic E-state index is 0.863. The van der Waals surface area contributed by atoms with Gasteiger partial charge in [0.1, 0.15) is 5.82 Å². The first-order valence-electron chi connectivity index (χ1n) is 4.51. The average Bonchev–Trinajstić information content (AvgIpc) is 2.57. The Hall–Kier alpha value is -0.610. The molecule has 0 amide bonds. The van der Waals surface area contributed by atoms with Gasteiger partial charge in [0.2, 0.25) is 0 Å². The lowest BCUT2D eigenvalue weighted by Crippen LogP contribution is -2.12. The molecule has 0 unspecified atom stereocenters. The Morgan fingerprint density at radius 1 is 1.62 bits per heavy atom. The van der Waals surface area contributed by atoms with Gasteiger partial charge in [0.25, 0.3) is 0 Å². The fourth-order valence-corrected chi connectivity index (χ4v) is 2.40. The van der Waals surface area contributed by atoms with Gasteiger partial charge >= 0.3 is 0 Å². The van der Waals surface area contributed by atoms with Crippen LogP contribution in [0.1, 0.15) is 17.9 Å². The molecule has 3 nitrogen and oxygen atoms in total. The van der Waals surface area contributed by atoms with E-state index in [4.69, 9.17) is 0 Å². The first-order valence-corrected chi connectivity index (χ1v) is 5.45. The Labute approximate surface area is 82.7 Å². The van der Waals surface area contributed by atoms with Crippen LogP contribution in [0.5, 0.6) is 0 Å². The molecule has 0 atom stereocenters. The lowest BCUT2D eigenvalue weighted by Gasteiger charge is -2.11. The lowest BCUT2D eigenvalue weighted by molar-refractivity contribution is 0.484. The number of nitrogens with zero attached hydrogens (tertiary/aromatic N) is 3. The highest BCUT2D eigenvalue weighted by atomic mass is 32.2. The van der Waals surface area contributed by atoms with Crippen LogP contribution in [0.4, 0.5) is 0 Å². The summed E-state index contributed by atoms with van der Waals surface area (Å²) in [6.45, 7) is 4.07. The van der Waals surface area contributed by atoms with Crippen molar-refractivity contribution in [1.82, 2.24) is 14.3 Å². The largest absolute Gasteiger partial charge is 0.245 e. The fraction of sp³-hybridized carbons (Fsp3) is 0.556. The van der Waals surface area contributed by atoms with E-state index in [0.29, 0.717) is 0 Å². The van der Waals surface area contributed by atoms with Gasteiger partial charge in [-0.2, -0.15) is 0 Å². The maximum Gasteiger partial charge on any atom is 0.125 e. The van der Waals surface area contributed by atoms with Crippen LogP contribution in [0.25, 0.3) is 0 Å². The Morgan fingerprint density at radius 2 is 2.54 bits per heavy atom. The average molecular weight is 195 g/mol. The second-order valence-corrected chi connectivity index (χ2v) is 4.33. The van der Waals surface area contributed by atoms with Crippen LogP contribution in [-0.2, 0) is 6.54 Å². The molecule has 0 N–H and O–H groups in total. The molecule has 2 heterocycles. The topological polar surface area (TPSA) is 29.0 Å². The summed E-state index contributed by atoms with van der Waals surface area (Å²) in [7, 11) is 0.